The highest BCUT2D eigenvalue weighted by Gasteiger charge is 2.41. The van der Waals surface area contributed by atoms with Crippen LogP contribution in [0.4, 0.5) is 14.5 Å². The van der Waals surface area contributed by atoms with E-state index in [0.717, 1.165) is 22.0 Å². The molecule has 1 atom stereocenters. The summed E-state index contributed by atoms with van der Waals surface area (Å²) >= 11 is 0. The van der Waals surface area contributed by atoms with Crippen LogP contribution in [0.15, 0.2) is 66.9 Å². The molecular weight excluding hydrogens is 526 g/mol. The van der Waals surface area contributed by atoms with Crippen molar-refractivity contribution in [2.75, 3.05) is 38.0 Å². The molecule has 1 fully saturated rings. The predicted octanol–water partition coefficient (Wildman–Crippen LogP) is 4.87. The van der Waals surface area contributed by atoms with Gasteiger partial charge in [-0.05, 0) is 79.9 Å². The summed E-state index contributed by atoms with van der Waals surface area (Å²) in [7, 11) is 0. The fourth-order valence-electron chi connectivity index (χ4n) is 5.62. The summed E-state index contributed by atoms with van der Waals surface area (Å²) in [5, 5.41) is 11.1. The molecule has 0 aliphatic carbocycles. The number of carbonyl (C=O) groups excluding carboxylic acids is 2. The van der Waals surface area contributed by atoms with E-state index in [2.05, 4.69) is 20.5 Å². The third kappa shape index (κ3) is 5.60. The Hall–Kier alpha value is -4.44. The van der Waals surface area contributed by atoms with Crippen LogP contribution < -0.4 is 5.32 Å². The maximum Gasteiger partial charge on any atom is 0.237 e. The van der Waals surface area contributed by atoms with Crippen molar-refractivity contribution in [1.82, 2.24) is 25.0 Å². The highest BCUT2D eigenvalue weighted by molar-refractivity contribution is 6.00. The summed E-state index contributed by atoms with van der Waals surface area (Å²) in [5.41, 5.74) is 3.96. The van der Waals surface area contributed by atoms with Crippen LogP contribution >= 0.6 is 0 Å². The quantitative estimate of drug-likeness (QED) is 0.331. The summed E-state index contributed by atoms with van der Waals surface area (Å²) in [6.45, 7) is 4.37. The van der Waals surface area contributed by atoms with Gasteiger partial charge in [-0.2, -0.15) is 9.49 Å². The van der Waals surface area contributed by atoms with E-state index in [-0.39, 0.29) is 24.2 Å². The van der Waals surface area contributed by atoms with Crippen LogP contribution in [0.3, 0.4) is 0 Å². The molecule has 41 heavy (non-hydrogen) atoms. The van der Waals surface area contributed by atoms with E-state index >= 15 is 0 Å². The van der Waals surface area contributed by atoms with Gasteiger partial charge in [0.2, 0.25) is 17.8 Å². The number of hydrogen-bond donors (Lipinski definition) is 2. The predicted molar refractivity (Wildman–Crippen MR) is 153 cm³/mol. The molecule has 4 heterocycles. The monoisotopic (exact) mass is 556 g/mol. The van der Waals surface area contributed by atoms with Gasteiger partial charge in [-0.25, -0.2) is 9.37 Å². The molecule has 10 heteroatoms. The molecule has 2 aromatic carbocycles. The molecule has 0 radical (unpaired) electrons. The second-order valence-electron chi connectivity index (χ2n) is 11.0. The van der Waals surface area contributed by atoms with E-state index in [1.165, 1.54) is 24.4 Å². The molecule has 6 rings (SSSR count). The van der Waals surface area contributed by atoms with Crippen molar-refractivity contribution >= 4 is 34.0 Å². The number of likely N-dealkylation sites (tertiary alicyclic amines) is 1. The molecule has 2 aliphatic heterocycles. The molecule has 2 amide bonds. The first kappa shape index (κ1) is 26.8. The number of aromatic amines is 1. The number of anilines is 1. The van der Waals surface area contributed by atoms with Crippen molar-refractivity contribution in [2.45, 2.75) is 19.8 Å². The fourth-order valence-corrected chi connectivity index (χ4v) is 5.62. The van der Waals surface area contributed by atoms with E-state index in [4.69, 9.17) is 0 Å². The molecule has 0 spiro atoms. The van der Waals surface area contributed by atoms with Crippen molar-refractivity contribution in [2.24, 2.45) is 5.41 Å². The molecule has 1 saturated heterocycles. The molecule has 4 aromatic rings. The Morgan fingerprint density at radius 2 is 1.95 bits per heavy atom. The van der Waals surface area contributed by atoms with Crippen LogP contribution in [0, 0.1) is 17.2 Å². The minimum Gasteiger partial charge on any atom is -0.338 e. The Kier molecular flexibility index (Phi) is 7.08. The number of pyridine rings is 1. The minimum atomic E-state index is -0.651. The van der Waals surface area contributed by atoms with E-state index in [0.29, 0.717) is 56.0 Å². The number of halogens is 2. The van der Waals surface area contributed by atoms with Crippen molar-refractivity contribution in [3.05, 3.63) is 84.2 Å². The van der Waals surface area contributed by atoms with Gasteiger partial charge >= 0.3 is 0 Å². The third-order valence-corrected chi connectivity index (χ3v) is 8.04. The van der Waals surface area contributed by atoms with Crippen LogP contribution in [-0.2, 0) is 9.59 Å². The second kappa shape index (κ2) is 10.9. The topological polar surface area (TPSA) is 94.2 Å². The summed E-state index contributed by atoms with van der Waals surface area (Å²) in [6, 6.07) is 14.9. The Balaban J connectivity index is 1.07. The molecule has 0 unspecified atom stereocenters. The average molecular weight is 557 g/mol. The smallest absolute Gasteiger partial charge is 0.237 e. The molecule has 2 N–H and O–H groups in total. The van der Waals surface area contributed by atoms with Crippen LogP contribution in [0.1, 0.15) is 25.3 Å². The van der Waals surface area contributed by atoms with Crippen LogP contribution in [0.25, 0.3) is 27.7 Å². The Morgan fingerprint density at radius 1 is 1.07 bits per heavy atom. The lowest BCUT2D eigenvalue weighted by Gasteiger charge is -2.29. The summed E-state index contributed by atoms with van der Waals surface area (Å²) in [6.07, 6.45) is 4.73. The van der Waals surface area contributed by atoms with Crippen molar-refractivity contribution < 1.29 is 18.4 Å². The number of carbonyl (C=O) groups is 2. The standard InChI is InChI=1S/C31H30F2N6O2/c1-31(30(41)35-24-6-7-26-25(16-24)29(37-36-26)22-5-8-27(33)34-17-22)11-14-38(19-31)18-28(40)39-12-9-20(10-13-39)21-3-2-4-23(32)15-21/h2-9,15-17H,10-14,18-19H2,1H3,(H,35,41)(H,36,37)/t31-/m1/s1. The molecule has 2 aromatic heterocycles. The number of hydrogen-bond acceptors (Lipinski definition) is 5. The number of H-pyrrole nitrogens is 1. The molecule has 8 nitrogen and oxygen atoms in total. The molecule has 0 bridgehead atoms. The van der Waals surface area contributed by atoms with Gasteiger partial charge in [0.1, 0.15) is 11.5 Å². The van der Waals surface area contributed by atoms with E-state index in [1.54, 1.807) is 12.1 Å². The zero-order valence-corrected chi connectivity index (χ0v) is 22.7. The number of rotatable bonds is 6. The van der Waals surface area contributed by atoms with Crippen molar-refractivity contribution in [3.8, 4) is 11.3 Å². The normalized spacial score (nSPS) is 19.4. The van der Waals surface area contributed by atoms with Gasteiger partial charge in [-0.15, -0.1) is 0 Å². The Bertz CT molecular complexity index is 1650. The van der Waals surface area contributed by atoms with Gasteiger partial charge in [0.15, 0.2) is 0 Å². The first-order valence-corrected chi connectivity index (χ1v) is 13.6. The largest absolute Gasteiger partial charge is 0.338 e. The van der Waals surface area contributed by atoms with Gasteiger partial charge in [0, 0.05) is 42.5 Å². The Labute approximate surface area is 236 Å². The SMILES string of the molecule is C[C@@]1(C(=O)Nc2ccc3[nH]nc(-c4ccc(F)nc4)c3c2)CCN(CC(=O)N2CC=C(c3cccc(F)c3)CC2)C1. The molecule has 2 aliphatic rings. The maximum atomic E-state index is 13.6. The van der Waals surface area contributed by atoms with Gasteiger partial charge in [-0.3, -0.25) is 19.6 Å². The van der Waals surface area contributed by atoms with Crippen LogP contribution in [0.5, 0.6) is 0 Å². The number of nitrogens with one attached hydrogen (secondary N) is 2. The highest BCUT2D eigenvalue weighted by atomic mass is 19.1. The van der Waals surface area contributed by atoms with Crippen molar-refractivity contribution in [3.63, 3.8) is 0 Å². The molecular formula is C31H30F2N6O2. The molecule has 210 valence electrons. The van der Waals surface area contributed by atoms with E-state index < -0.39 is 11.4 Å². The number of benzene rings is 2. The maximum absolute atomic E-state index is 13.6. The minimum absolute atomic E-state index is 0.0254. The number of amides is 2. The first-order valence-electron chi connectivity index (χ1n) is 13.6. The summed E-state index contributed by atoms with van der Waals surface area (Å²) < 4.78 is 26.9. The van der Waals surface area contributed by atoms with Gasteiger partial charge in [-0.1, -0.05) is 18.2 Å². The fraction of sp³-hybridized carbons (Fsp3) is 0.290. The zero-order valence-electron chi connectivity index (χ0n) is 22.7. The van der Waals surface area contributed by atoms with E-state index in [9.17, 15) is 18.4 Å². The Morgan fingerprint density at radius 3 is 2.71 bits per heavy atom. The lowest BCUT2D eigenvalue weighted by molar-refractivity contribution is -0.132. The summed E-state index contributed by atoms with van der Waals surface area (Å²) in [4.78, 5) is 34.0. The van der Waals surface area contributed by atoms with Gasteiger partial charge in [0.25, 0.3) is 0 Å². The number of aromatic nitrogens is 3. The first-order chi connectivity index (χ1) is 19.8. The third-order valence-electron chi connectivity index (χ3n) is 8.04. The second-order valence-corrected chi connectivity index (χ2v) is 11.0. The van der Waals surface area contributed by atoms with Gasteiger partial charge < -0.3 is 10.2 Å². The average Bonchev–Trinajstić information content (AvgIpc) is 3.57. The van der Waals surface area contributed by atoms with E-state index in [1.807, 2.05) is 47.1 Å². The highest BCUT2D eigenvalue weighted by Crippen LogP contribution is 2.33. The number of nitrogens with zero attached hydrogens (tertiary/aromatic N) is 4. The van der Waals surface area contributed by atoms with Crippen molar-refractivity contribution in [1.29, 1.82) is 0 Å². The van der Waals surface area contributed by atoms with Gasteiger partial charge in [0.05, 0.1) is 17.5 Å². The lowest BCUT2D eigenvalue weighted by Crippen LogP contribution is -2.43. The lowest BCUT2D eigenvalue weighted by atomic mass is 9.88. The zero-order chi connectivity index (χ0) is 28.6. The van der Waals surface area contributed by atoms with Crippen LogP contribution in [-0.4, -0.2) is 69.5 Å². The molecule has 0 saturated carbocycles. The van der Waals surface area contributed by atoms with Crippen LogP contribution in [0.2, 0.25) is 0 Å². The number of fused-ring (bicyclic) bond motifs is 1. The summed E-state index contributed by atoms with van der Waals surface area (Å²) in [5.74, 6) is -0.916.